The van der Waals surface area contributed by atoms with Crippen LogP contribution in [0.2, 0.25) is 5.02 Å². The summed E-state index contributed by atoms with van der Waals surface area (Å²) in [7, 11) is 0. The first kappa shape index (κ1) is 11.1. The van der Waals surface area contributed by atoms with E-state index in [1.807, 2.05) is 22.6 Å². The number of hydrogen-bond donors (Lipinski definition) is 1. The van der Waals surface area contributed by atoms with Crippen LogP contribution in [-0.4, -0.2) is 4.98 Å². The van der Waals surface area contributed by atoms with Crippen molar-refractivity contribution in [2.24, 2.45) is 0 Å². The van der Waals surface area contributed by atoms with E-state index in [1.54, 1.807) is 6.07 Å². The molecule has 0 bridgehead atoms. The van der Waals surface area contributed by atoms with Gasteiger partial charge in [-0.3, -0.25) is 0 Å². The van der Waals surface area contributed by atoms with E-state index in [2.05, 4.69) is 4.98 Å². The molecule has 0 atom stereocenters. The molecule has 1 N–H and O–H groups in total. The third kappa shape index (κ3) is 2.08. The first-order valence-corrected chi connectivity index (χ1v) is 5.38. The molecular weight excluding hydrogens is 341 g/mol. The lowest BCUT2D eigenvalue weighted by Crippen LogP contribution is -2.04. The van der Waals surface area contributed by atoms with Gasteiger partial charge in [-0.05, 0) is 40.8 Å². The average Bonchev–Trinajstić information content (AvgIpc) is 2.47. The van der Waals surface area contributed by atoms with Crippen molar-refractivity contribution in [3.8, 4) is 0 Å². The maximum absolute atomic E-state index is 12.4. The van der Waals surface area contributed by atoms with Crippen LogP contribution in [0.25, 0.3) is 10.9 Å². The minimum atomic E-state index is -4.35. The van der Waals surface area contributed by atoms with Gasteiger partial charge in [0.15, 0.2) is 0 Å². The van der Waals surface area contributed by atoms with Gasteiger partial charge >= 0.3 is 6.18 Å². The summed E-state index contributed by atoms with van der Waals surface area (Å²) in [5.74, 6) is 0. The molecule has 6 heteroatoms. The second-order valence-electron chi connectivity index (χ2n) is 3.03. The maximum atomic E-state index is 12.4. The monoisotopic (exact) mass is 345 g/mol. The normalized spacial score (nSPS) is 12.3. The Balaban J connectivity index is 2.66. The number of nitrogens with one attached hydrogen (secondary N) is 1. The number of alkyl halides is 3. The Bertz CT molecular complexity index is 479. The molecule has 2 rings (SSSR count). The van der Waals surface area contributed by atoms with Crippen LogP contribution in [0.1, 0.15) is 5.69 Å². The van der Waals surface area contributed by atoms with Crippen LogP contribution in [0.4, 0.5) is 13.2 Å². The molecule has 0 unspecified atom stereocenters. The minimum absolute atomic E-state index is 0.396. The lowest BCUT2D eigenvalue weighted by molar-refractivity contribution is -0.140. The lowest BCUT2D eigenvalue weighted by atomic mass is 10.2. The number of fused-ring (bicyclic) bond motifs is 1. The topological polar surface area (TPSA) is 15.8 Å². The van der Waals surface area contributed by atoms with Gasteiger partial charge < -0.3 is 4.98 Å². The third-order valence-electron chi connectivity index (χ3n) is 1.97. The molecule has 1 heterocycles. The summed E-state index contributed by atoms with van der Waals surface area (Å²) in [4.78, 5) is 2.29. The Morgan fingerprint density at radius 3 is 2.47 bits per heavy atom. The first-order chi connectivity index (χ1) is 6.88. The van der Waals surface area contributed by atoms with Gasteiger partial charge in [0, 0.05) is 14.5 Å². The summed E-state index contributed by atoms with van der Waals surface area (Å²) in [6, 6.07) is 4.19. The summed E-state index contributed by atoms with van der Waals surface area (Å²) in [5.41, 5.74) is -0.358. The van der Waals surface area contributed by atoms with Gasteiger partial charge in [-0.15, -0.1) is 0 Å². The Labute approximate surface area is 102 Å². The molecule has 1 aromatic heterocycles. The van der Waals surface area contributed by atoms with E-state index in [4.69, 9.17) is 11.6 Å². The van der Waals surface area contributed by atoms with Gasteiger partial charge in [-0.1, -0.05) is 11.6 Å². The zero-order valence-corrected chi connectivity index (χ0v) is 10.0. The predicted molar refractivity (Wildman–Crippen MR) is 61.0 cm³/mol. The third-order valence-corrected chi connectivity index (χ3v) is 3.49. The van der Waals surface area contributed by atoms with E-state index in [0.29, 0.717) is 15.9 Å². The fourth-order valence-electron chi connectivity index (χ4n) is 1.28. The van der Waals surface area contributed by atoms with Gasteiger partial charge in [-0.2, -0.15) is 13.2 Å². The van der Waals surface area contributed by atoms with Crippen LogP contribution < -0.4 is 0 Å². The number of hydrogen-bond acceptors (Lipinski definition) is 0. The van der Waals surface area contributed by atoms with Gasteiger partial charge in [0.25, 0.3) is 0 Å². The Morgan fingerprint density at radius 2 is 1.87 bits per heavy atom. The highest BCUT2D eigenvalue weighted by molar-refractivity contribution is 14.1. The van der Waals surface area contributed by atoms with Gasteiger partial charge in [0.05, 0.1) is 5.02 Å². The Hall–Kier alpha value is -0.430. The molecule has 0 amide bonds. The molecule has 0 fully saturated rings. The Morgan fingerprint density at radius 1 is 1.20 bits per heavy atom. The maximum Gasteiger partial charge on any atom is 0.431 e. The molecule has 0 saturated carbocycles. The molecule has 0 aliphatic carbocycles. The summed E-state index contributed by atoms with van der Waals surface area (Å²) in [5, 5.41) is 0.954. The van der Waals surface area contributed by atoms with Gasteiger partial charge in [0.1, 0.15) is 5.69 Å². The van der Waals surface area contributed by atoms with E-state index >= 15 is 0 Å². The zero-order chi connectivity index (χ0) is 11.2. The molecule has 0 saturated heterocycles. The fourth-order valence-corrected chi connectivity index (χ4v) is 1.93. The molecule has 0 radical (unpaired) electrons. The quantitative estimate of drug-likeness (QED) is 0.679. The van der Waals surface area contributed by atoms with E-state index in [1.165, 1.54) is 6.07 Å². The van der Waals surface area contributed by atoms with Crippen LogP contribution in [-0.2, 0) is 6.18 Å². The number of halogens is 5. The summed E-state index contributed by atoms with van der Waals surface area (Å²) >= 11 is 7.78. The van der Waals surface area contributed by atoms with Crippen molar-refractivity contribution in [1.82, 2.24) is 4.98 Å². The van der Waals surface area contributed by atoms with Gasteiger partial charge in [0.2, 0.25) is 0 Å². The highest BCUT2D eigenvalue weighted by atomic mass is 127. The van der Waals surface area contributed by atoms with Crippen LogP contribution in [0.5, 0.6) is 0 Å². The minimum Gasteiger partial charge on any atom is -0.351 e. The van der Waals surface area contributed by atoms with E-state index in [-0.39, 0.29) is 0 Å². The highest BCUT2D eigenvalue weighted by Crippen LogP contribution is 2.33. The van der Waals surface area contributed by atoms with Crippen LogP contribution >= 0.6 is 34.2 Å². The molecule has 0 aliphatic rings. The highest BCUT2D eigenvalue weighted by Gasteiger charge is 2.32. The first-order valence-electron chi connectivity index (χ1n) is 3.93. The molecule has 0 aliphatic heterocycles. The average molecular weight is 345 g/mol. The van der Waals surface area contributed by atoms with Crippen molar-refractivity contribution < 1.29 is 13.2 Å². The molecule has 2 aromatic rings. The summed E-state index contributed by atoms with van der Waals surface area (Å²) in [6.45, 7) is 0. The second-order valence-corrected chi connectivity index (χ2v) is 4.60. The molecule has 1 nitrogen and oxygen atoms in total. The zero-order valence-electron chi connectivity index (χ0n) is 7.12. The number of aromatic nitrogens is 1. The molecular formula is C9H4ClF3IN. The Kier molecular flexibility index (Phi) is 2.62. The van der Waals surface area contributed by atoms with Crippen molar-refractivity contribution in [3.63, 3.8) is 0 Å². The van der Waals surface area contributed by atoms with Gasteiger partial charge in [-0.25, -0.2) is 0 Å². The number of H-pyrrole nitrogens is 1. The van der Waals surface area contributed by atoms with E-state index < -0.39 is 11.9 Å². The predicted octanol–water partition coefficient (Wildman–Crippen LogP) is 4.44. The smallest absolute Gasteiger partial charge is 0.351 e. The lowest BCUT2D eigenvalue weighted by Gasteiger charge is -2.00. The standard InChI is InChI=1S/C9H4ClF3IN/c10-5-3-7-4(1-6(5)14)2-8(15-7)9(11,12)13/h1-3,15H. The van der Waals surface area contributed by atoms with Crippen LogP contribution in [0.3, 0.4) is 0 Å². The molecule has 0 spiro atoms. The summed E-state index contributed by atoms with van der Waals surface area (Å²) < 4.78 is 37.8. The van der Waals surface area contributed by atoms with E-state index in [9.17, 15) is 13.2 Å². The fraction of sp³-hybridized carbons (Fsp3) is 0.111. The second kappa shape index (κ2) is 3.55. The van der Waals surface area contributed by atoms with Crippen molar-refractivity contribution >= 4 is 45.1 Å². The molecule has 80 valence electrons. The van der Waals surface area contributed by atoms with Crippen LogP contribution in [0.15, 0.2) is 18.2 Å². The number of benzene rings is 1. The van der Waals surface area contributed by atoms with Crippen molar-refractivity contribution in [1.29, 1.82) is 0 Å². The molecule has 15 heavy (non-hydrogen) atoms. The van der Waals surface area contributed by atoms with Crippen molar-refractivity contribution in [2.75, 3.05) is 0 Å². The van der Waals surface area contributed by atoms with E-state index in [0.717, 1.165) is 9.64 Å². The van der Waals surface area contributed by atoms with Crippen LogP contribution in [0, 0.1) is 3.57 Å². The number of rotatable bonds is 0. The SMILES string of the molecule is FC(F)(F)c1cc2cc(I)c(Cl)cc2[nH]1. The van der Waals surface area contributed by atoms with Crippen molar-refractivity contribution in [3.05, 3.63) is 32.5 Å². The number of aromatic amines is 1. The largest absolute Gasteiger partial charge is 0.431 e. The molecule has 1 aromatic carbocycles. The summed E-state index contributed by atoms with van der Waals surface area (Å²) in [6.07, 6.45) is -4.35. The van der Waals surface area contributed by atoms with Crippen molar-refractivity contribution in [2.45, 2.75) is 6.18 Å².